The first-order chi connectivity index (χ1) is 10.0. The molecule has 112 valence electrons. The van der Waals surface area contributed by atoms with Crippen molar-refractivity contribution in [3.05, 3.63) is 24.3 Å². The van der Waals surface area contributed by atoms with Crippen molar-refractivity contribution in [3.8, 4) is 17.0 Å². The van der Waals surface area contributed by atoms with Gasteiger partial charge in [-0.15, -0.1) is 5.10 Å². The van der Waals surface area contributed by atoms with E-state index in [1.54, 1.807) is 38.4 Å². The van der Waals surface area contributed by atoms with Gasteiger partial charge < -0.3 is 14.6 Å². The van der Waals surface area contributed by atoms with Crippen molar-refractivity contribution < 1.29 is 19.4 Å². The van der Waals surface area contributed by atoms with Crippen molar-refractivity contribution in [2.45, 2.75) is 0 Å². The average Bonchev–Trinajstić information content (AvgIpc) is 2.86. The number of anilines is 1. The Kier molecular flexibility index (Phi) is 4.39. The molecule has 2 rings (SSSR count). The summed E-state index contributed by atoms with van der Waals surface area (Å²) in [5.41, 5.74) is 1.23. The molecule has 8 nitrogen and oxygen atoms in total. The molecule has 0 aliphatic carbocycles. The number of ether oxygens (including phenoxy) is 2. The zero-order valence-corrected chi connectivity index (χ0v) is 12.0. The maximum absolute atomic E-state index is 11.1. The number of amides is 1. The highest BCUT2D eigenvalue weighted by molar-refractivity contribution is 5.89. The molecule has 0 bridgehead atoms. The first kappa shape index (κ1) is 14.8. The third-order valence-electron chi connectivity index (χ3n) is 2.87. The summed E-state index contributed by atoms with van der Waals surface area (Å²) >= 11 is 0. The van der Waals surface area contributed by atoms with E-state index in [2.05, 4.69) is 10.3 Å². The third kappa shape index (κ3) is 3.11. The van der Waals surface area contributed by atoms with Gasteiger partial charge in [-0.25, -0.2) is 9.48 Å². The Morgan fingerprint density at radius 3 is 2.62 bits per heavy atom. The molecule has 1 aromatic carbocycles. The number of methoxy groups -OCH3 is 1. The van der Waals surface area contributed by atoms with Gasteiger partial charge in [-0.05, 0) is 24.3 Å². The highest BCUT2D eigenvalue weighted by atomic mass is 16.7. The summed E-state index contributed by atoms with van der Waals surface area (Å²) in [4.78, 5) is 12.2. The fraction of sp³-hybridized carbons (Fsp3) is 0.308. The van der Waals surface area contributed by atoms with E-state index in [0.29, 0.717) is 17.3 Å². The van der Waals surface area contributed by atoms with E-state index in [0.717, 1.165) is 10.5 Å². The molecule has 2 aromatic rings. The van der Waals surface area contributed by atoms with Crippen LogP contribution in [0.2, 0.25) is 0 Å². The van der Waals surface area contributed by atoms with Crippen molar-refractivity contribution in [1.29, 1.82) is 0 Å². The molecule has 8 heteroatoms. The van der Waals surface area contributed by atoms with Crippen molar-refractivity contribution in [2.75, 3.05) is 25.9 Å². The maximum Gasteiger partial charge on any atom is 0.412 e. The molecule has 0 spiro atoms. The summed E-state index contributed by atoms with van der Waals surface area (Å²) in [5.74, 6) is 1.05. The maximum atomic E-state index is 11.1. The summed E-state index contributed by atoms with van der Waals surface area (Å²) in [6.07, 6.45) is -1.08. The van der Waals surface area contributed by atoms with Gasteiger partial charge in [-0.3, -0.25) is 4.90 Å². The van der Waals surface area contributed by atoms with Crippen LogP contribution in [0.5, 0.6) is 5.75 Å². The third-order valence-corrected chi connectivity index (χ3v) is 2.87. The highest BCUT2D eigenvalue weighted by Gasteiger charge is 2.20. The van der Waals surface area contributed by atoms with Gasteiger partial charge in [0.05, 0.1) is 0 Å². The number of aromatic nitrogens is 3. The highest BCUT2D eigenvalue weighted by Crippen LogP contribution is 2.28. The van der Waals surface area contributed by atoms with Gasteiger partial charge in [0.1, 0.15) is 11.4 Å². The number of benzene rings is 1. The lowest BCUT2D eigenvalue weighted by molar-refractivity contribution is 0.0511. The van der Waals surface area contributed by atoms with Crippen molar-refractivity contribution in [3.63, 3.8) is 0 Å². The van der Waals surface area contributed by atoms with Gasteiger partial charge in [-0.1, -0.05) is 5.21 Å². The van der Waals surface area contributed by atoms with Gasteiger partial charge in [0, 0.05) is 26.8 Å². The van der Waals surface area contributed by atoms with Crippen LogP contribution < -0.4 is 9.64 Å². The van der Waals surface area contributed by atoms with Crippen LogP contribution in [-0.4, -0.2) is 47.1 Å². The zero-order chi connectivity index (χ0) is 15.4. The predicted octanol–water partition coefficient (Wildman–Crippen LogP) is 1.58. The molecule has 0 aliphatic heterocycles. The fourth-order valence-electron chi connectivity index (χ4n) is 1.84. The smallest absolute Gasteiger partial charge is 0.412 e. The second kappa shape index (κ2) is 6.23. The second-order valence-electron chi connectivity index (χ2n) is 4.30. The number of rotatable bonds is 5. The van der Waals surface area contributed by atoms with Crippen LogP contribution in [0.4, 0.5) is 10.6 Å². The van der Waals surface area contributed by atoms with Crippen molar-refractivity contribution in [1.82, 2.24) is 15.0 Å². The summed E-state index contributed by atoms with van der Waals surface area (Å²) < 4.78 is 11.5. The van der Waals surface area contributed by atoms with E-state index >= 15 is 0 Å². The first-order valence-electron chi connectivity index (χ1n) is 6.13. The molecule has 0 saturated heterocycles. The van der Waals surface area contributed by atoms with Crippen LogP contribution in [0.3, 0.4) is 0 Å². The molecule has 1 amide bonds. The molecular formula is C13H16N4O4. The van der Waals surface area contributed by atoms with E-state index in [-0.39, 0.29) is 6.79 Å². The van der Waals surface area contributed by atoms with Gasteiger partial charge >= 0.3 is 6.09 Å². The Hall–Kier alpha value is -2.61. The quantitative estimate of drug-likeness (QED) is 0.841. The molecule has 0 unspecified atom stereocenters. The number of nitrogens with zero attached hydrogens (tertiary/aromatic N) is 4. The van der Waals surface area contributed by atoms with Gasteiger partial charge in [-0.2, -0.15) is 0 Å². The summed E-state index contributed by atoms with van der Waals surface area (Å²) in [6.45, 7) is 0.164. The monoisotopic (exact) mass is 292 g/mol. The largest absolute Gasteiger partial charge is 0.468 e. The van der Waals surface area contributed by atoms with Crippen LogP contribution >= 0.6 is 0 Å². The average molecular weight is 292 g/mol. The van der Waals surface area contributed by atoms with E-state index in [1.165, 1.54) is 11.7 Å². The normalized spacial score (nSPS) is 10.4. The molecule has 1 aromatic heterocycles. The summed E-state index contributed by atoms with van der Waals surface area (Å²) in [5, 5.41) is 17.0. The van der Waals surface area contributed by atoms with E-state index < -0.39 is 6.09 Å². The van der Waals surface area contributed by atoms with Crippen LogP contribution in [0.1, 0.15) is 0 Å². The van der Waals surface area contributed by atoms with Crippen LogP contribution in [-0.2, 0) is 11.8 Å². The number of hydrogen-bond acceptors (Lipinski definition) is 5. The minimum absolute atomic E-state index is 0.164. The fourth-order valence-corrected chi connectivity index (χ4v) is 1.84. The number of carbonyl (C=O) groups is 1. The lowest BCUT2D eigenvalue weighted by atomic mass is 10.1. The SMILES string of the molecule is COCOc1ccc(-c2nnn(C)c2N(C)C(=O)O)cc1. The van der Waals surface area contributed by atoms with E-state index in [1.807, 2.05) is 0 Å². The summed E-state index contributed by atoms with van der Waals surface area (Å²) in [6, 6.07) is 7.09. The van der Waals surface area contributed by atoms with Crippen molar-refractivity contribution >= 4 is 11.9 Å². The zero-order valence-electron chi connectivity index (χ0n) is 12.0. The number of hydrogen-bond donors (Lipinski definition) is 1. The Morgan fingerprint density at radius 1 is 1.38 bits per heavy atom. The lowest BCUT2D eigenvalue weighted by Crippen LogP contribution is -2.26. The van der Waals surface area contributed by atoms with E-state index in [9.17, 15) is 4.79 Å². The Labute approximate surface area is 121 Å². The molecular weight excluding hydrogens is 276 g/mol. The molecule has 0 saturated carbocycles. The predicted molar refractivity (Wildman–Crippen MR) is 75.4 cm³/mol. The van der Waals surface area contributed by atoms with Gasteiger partial charge in [0.25, 0.3) is 0 Å². The first-order valence-corrected chi connectivity index (χ1v) is 6.13. The molecule has 1 heterocycles. The lowest BCUT2D eigenvalue weighted by Gasteiger charge is -2.14. The minimum atomic E-state index is -1.08. The number of carboxylic acid groups (broad SMARTS) is 1. The standard InChI is InChI=1S/C13H16N4O4/c1-16(13(18)19)12-11(14-15-17(12)2)9-4-6-10(7-5-9)21-8-20-3/h4-7H,8H2,1-3H3,(H,18,19). The Balaban J connectivity index is 2.32. The molecule has 0 fully saturated rings. The van der Waals surface area contributed by atoms with Gasteiger partial charge in [0.15, 0.2) is 12.6 Å². The van der Waals surface area contributed by atoms with Gasteiger partial charge in [0.2, 0.25) is 0 Å². The van der Waals surface area contributed by atoms with Crippen LogP contribution in [0, 0.1) is 0 Å². The van der Waals surface area contributed by atoms with Crippen LogP contribution in [0.15, 0.2) is 24.3 Å². The second-order valence-corrected chi connectivity index (χ2v) is 4.30. The summed E-state index contributed by atoms with van der Waals surface area (Å²) in [7, 11) is 4.63. The number of aryl methyl sites for hydroxylation is 1. The minimum Gasteiger partial charge on any atom is -0.468 e. The molecule has 1 N–H and O–H groups in total. The van der Waals surface area contributed by atoms with Crippen LogP contribution in [0.25, 0.3) is 11.3 Å². The van der Waals surface area contributed by atoms with Crippen molar-refractivity contribution in [2.24, 2.45) is 7.05 Å². The topological polar surface area (TPSA) is 89.7 Å². The van der Waals surface area contributed by atoms with E-state index in [4.69, 9.17) is 14.6 Å². The Morgan fingerprint density at radius 2 is 2.05 bits per heavy atom. The molecule has 0 aliphatic rings. The molecule has 21 heavy (non-hydrogen) atoms. The molecule has 0 atom stereocenters. The Bertz CT molecular complexity index is 624. The molecule has 0 radical (unpaired) electrons.